The molecule has 14 heavy (non-hydrogen) atoms. The van der Waals surface area contributed by atoms with E-state index in [1.807, 2.05) is 0 Å². The fourth-order valence-electron chi connectivity index (χ4n) is 1.65. The Bertz CT molecular complexity index is 259. The van der Waals surface area contributed by atoms with E-state index in [2.05, 4.69) is 15.3 Å². The van der Waals surface area contributed by atoms with Crippen LogP contribution in [0.25, 0.3) is 0 Å². The molecule has 0 amide bonds. The summed E-state index contributed by atoms with van der Waals surface area (Å²) >= 11 is 0. The molecule has 1 N–H and O–H groups in total. The minimum absolute atomic E-state index is 0.672. The van der Waals surface area contributed by atoms with Crippen molar-refractivity contribution in [2.24, 2.45) is 5.92 Å². The molecule has 0 spiro atoms. The van der Waals surface area contributed by atoms with Gasteiger partial charge in [0.25, 0.3) is 0 Å². The number of nitrogens with zero attached hydrogens (tertiary/aromatic N) is 2. The van der Waals surface area contributed by atoms with Crippen LogP contribution in [0.2, 0.25) is 0 Å². The van der Waals surface area contributed by atoms with E-state index in [0.717, 1.165) is 32.0 Å². The molecule has 4 heteroatoms. The Kier molecular flexibility index (Phi) is 3.29. The molecule has 1 aliphatic heterocycles. The van der Waals surface area contributed by atoms with E-state index in [1.165, 1.54) is 12.7 Å². The molecule has 1 aromatic heterocycles. The third-order valence-electron chi connectivity index (χ3n) is 2.49. The number of ether oxygens (including phenoxy) is 1. The summed E-state index contributed by atoms with van der Waals surface area (Å²) in [5.74, 6) is 1.45. The molecule has 1 unspecified atom stereocenters. The number of aromatic nitrogens is 2. The molecule has 76 valence electrons. The molecule has 2 heterocycles. The van der Waals surface area contributed by atoms with Crippen LogP contribution in [0, 0.1) is 5.92 Å². The van der Waals surface area contributed by atoms with Crippen LogP contribution < -0.4 is 10.1 Å². The van der Waals surface area contributed by atoms with Crippen molar-refractivity contribution in [2.45, 2.75) is 12.8 Å². The topological polar surface area (TPSA) is 47.0 Å². The number of hydrogen-bond acceptors (Lipinski definition) is 4. The summed E-state index contributed by atoms with van der Waals surface area (Å²) in [5.41, 5.74) is 0. The van der Waals surface area contributed by atoms with Gasteiger partial charge in [-0.25, -0.2) is 9.97 Å². The average molecular weight is 193 g/mol. The largest absolute Gasteiger partial charge is 0.478 e. The lowest BCUT2D eigenvalue weighted by Gasteiger charge is -2.08. The van der Waals surface area contributed by atoms with Crippen molar-refractivity contribution >= 4 is 0 Å². The third kappa shape index (κ3) is 2.67. The first-order chi connectivity index (χ1) is 6.95. The Balaban J connectivity index is 1.67. The second kappa shape index (κ2) is 4.91. The highest BCUT2D eigenvalue weighted by molar-refractivity contribution is 5.04. The fourth-order valence-corrected chi connectivity index (χ4v) is 1.65. The van der Waals surface area contributed by atoms with Gasteiger partial charge in [-0.3, -0.25) is 0 Å². The quantitative estimate of drug-likeness (QED) is 0.770. The lowest BCUT2D eigenvalue weighted by molar-refractivity contribution is 0.273. The average Bonchev–Trinajstić information content (AvgIpc) is 2.72. The van der Waals surface area contributed by atoms with Crippen LogP contribution in [0.4, 0.5) is 0 Å². The van der Waals surface area contributed by atoms with E-state index in [0.29, 0.717) is 5.88 Å². The zero-order chi connectivity index (χ0) is 9.64. The molecule has 1 aromatic rings. The molecule has 1 fully saturated rings. The minimum atomic E-state index is 0.672. The van der Waals surface area contributed by atoms with Crippen molar-refractivity contribution in [1.82, 2.24) is 15.3 Å². The molecular weight excluding hydrogens is 178 g/mol. The van der Waals surface area contributed by atoms with Crippen LogP contribution in [0.1, 0.15) is 12.8 Å². The number of rotatable bonds is 4. The van der Waals surface area contributed by atoms with Crippen LogP contribution in [0.5, 0.6) is 5.88 Å². The summed E-state index contributed by atoms with van der Waals surface area (Å²) in [6, 6.07) is 1.78. The van der Waals surface area contributed by atoms with Gasteiger partial charge in [-0.2, -0.15) is 0 Å². The van der Waals surface area contributed by atoms with E-state index >= 15 is 0 Å². The molecule has 1 aliphatic rings. The van der Waals surface area contributed by atoms with Crippen molar-refractivity contribution in [3.8, 4) is 5.88 Å². The van der Waals surface area contributed by atoms with Gasteiger partial charge in [0.1, 0.15) is 6.33 Å². The van der Waals surface area contributed by atoms with Gasteiger partial charge in [0.2, 0.25) is 5.88 Å². The summed E-state index contributed by atoms with van der Waals surface area (Å²) in [5, 5.41) is 3.34. The Morgan fingerprint density at radius 2 is 2.57 bits per heavy atom. The summed E-state index contributed by atoms with van der Waals surface area (Å²) in [6.45, 7) is 3.04. The van der Waals surface area contributed by atoms with Crippen LogP contribution >= 0.6 is 0 Å². The maximum atomic E-state index is 5.49. The highest BCUT2D eigenvalue weighted by atomic mass is 16.5. The van der Waals surface area contributed by atoms with Gasteiger partial charge < -0.3 is 10.1 Å². The lowest BCUT2D eigenvalue weighted by Crippen LogP contribution is -2.11. The van der Waals surface area contributed by atoms with E-state index in [4.69, 9.17) is 4.74 Å². The Morgan fingerprint density at radius 3 is 3.29 bits per heavy atom. The third-order valence-corrected chi connectivity index (χ3v) is 2.49. The van der Waals surface area contributed by atoms with Crippen LogP contribution in [-0.4, -0.2) is 29.7 Å². The van der Waals surface area contributed by atoms with Crippen LogP contribution in [0.3, 0.4) is 0 Å². The Morgan fingerprint density at radius 1 is 1.57 bits per heavy atom. The Labute approximate surface area is 83.7 Å². The van der Waals surface area contributed by atoms with Crippen molar-refractivity contribution < 1.29 is 4.74 Å². The second-order valence-corrected chi connectivity index (χ2v) is 3.54. The maximum Gasteiger partial charge on any atom is 0.216 e. The van der Waals surface area contributed by atoms with Crippen molar-refractivity contribution in [1.29, 1.82) is 0 Å². The van der Waals surface area contributed by atoms with Gasteiger partial charge in [0, 0.05) is 12.3 Å². The zero-order valence-corrected chi connectivity index (χ0v) is 8.15. The minimum Gasteiger partial charge on any atom is -0.478 e. The summed E-state index contributed by atoms with van der Waals surface area (Å²) in [6.07, 6.45) is 5.58. The standard InChI is InChI=1S/C10H15N3O/c1-4-11-7-9(1)3-6-14-10-2-5-12-8-13-10/h2,5,8-9,11H,1,3-4,6-7H2. The van der Waals surface area contributed by atoms with Gasteiger partial charge in [0.05, 0.1) is 6.61 Å². The summed E-state index contributed by atoms with van der Waals surface area (Å²) in [7, 11) is 0. The number of nitrogens with one attached hydrogen (secondary N) is 1. The zero-order valence-electron chi connectivity index (χ0n) is 8.15. The first kappa shape index (κ1) is 9.40. The van der Waals surface area contributed by atoms with Gasteiger partial charge in [-0.05, 0) is 31.8 Å². The van der Waals surface area contributed by atoms with Crippen molar-refractivity contribution in [3.63, 3.8) is 0 Å². The first-order valence-electron chi connectivity index (χ1n) is 5.04. The molecule has 0 saturated carbocycles. The lowest BCUT2D eigenvalue weighted by atomic mass is 10.1. The summed E-state index contributed by atoms with van der Waals surface area (Å²) in [4.78, 5) is 7.82. The van der Waals surface area contributed by atoms with E-state index < -0.39 is 0 Å². The van der Waals surface area contributed by atoms with Crippen LogP contribution in [-0.2, 0) is 0 Å². The molecule has 2 rings (SSSR count). The predicted octanol–water partition coefficient (Wildman–Crippen LogP) is 0.855. The molecule has 0 aromatic carbocycles. The molecule has 1 atom stereocenters. The molecule has 0 radical (unpaired) electrons. The van der Waals surface area contributed by atoms with E-state index in [-0.39, 0.29) is 0 Å². The van der Waals surface area contributed by atoms with Gasteiger partial charge in [0.15, 0.2) is 0 Å². The van der Waals surface area contributed by atoms with Gasteiger partial charge in [-0.15, -0.1) is 0 Å². The number of hydrogen-bond donors (Lipinski definition) is 1. The van der Waals surface area contributed by atoms with Gasteiger partial charge >= 0.3 is 0 Å². The molecule has 4 nitrogen and oxygen atoms in total. The highest BCUT2D eigenvalue weighted by Gasteiger charge is 2.13. The second-order valence-electron chi connectivity index (χ2n) is 3.54. The van der Waals surface area contributed by atoms with Crippen LogP contribution in [0.15, 0.2) is 18.6 Å². The maximum absolute atomic E-state index is 5.49. The monoisotopic (exact) mass is 193 g/mol. The molecular formula is C10H15N3O. The first-order valence-corrected chi connectivity index (χ1v) is 5.04. The van der Waals surface area contributed by atoms with E-state index in [1.54, 1.807) is 12.3 Å². The van der Waals surface area contributed by atoms with E-state index in [9.17, 15) is 0 Å². The molecule has 0 aliphatic carbocycles. The van der Waals surface area contributed by atoms with Crippen molar-refractivity contribution in [2.75, 3.05) is 19.7 Å². The SMILES string of the molecule is c1cc(OCCC2CCNC2)ncn1. The molecule has 1 saturated heterocycles. The predicted molar refractivity (Wildman–Crippen MR) is 53.1 cm³/mol. The fraction of sp³-hybridized carbons (Fsp3) is 0.600. The normalized spacial score (nSPS) is 21.0. The highest BCUT2D eigenvalue weighted by Crippen LogP contribution is 2.12. The summed E-state index contributed by atoms with van der Waals surface area (Å²) < 4.78 is 5.49. The van der Waals surface area contributed by atoms with Gasteiger partial charge in [-0.1, -0.05) is 0 Å². The Hall–Kier alpha value is -1.16. The smallest absolute Gasteiger partial charge is 0.216 e. The van der Waals surface area contributed by atoms with Crippen molar-refractivity contribution in [3.05, 3.63) is 18.6 Å². The molecule has 0 bridgehead atoms.